The number of anilines is 1. The molecule has 0 spiro atoms. The minimum atomic E-state index is -3.58. The van der Waals surface area contributed by atoms with Crippen molar-refractivity contribution in [3.05, 3.63) is 53.3 Å². The highest BCUT2D eigenvalue weighted by atomic mass is 32.2. The molecule has 0 atom stereocenters. The third-order valence-corrected chi connectivity index (χ3v) is 7.21. The molecule has 158 valence electrons. The number of hydrogen-bond acceptors (Lipinski definition) is 6. The monoisotopic (exact) mass is 446 g/mol. The number of fused-ring (bicyclic) bond motifs is 1. The van der Waals surface area contributed by atoms with Gasteiger partial charge in [0.25, 0.3) is 21.8 Å². The number of aryl methyl sites for hydroxylation is 1. The summed E-state index contributed by atoms with van der Waals surface area (Å²) in [7, 11) is -3.58. The molecule has 1 N–H and O–H groups in total. The van der Waals surface area contributed by atoms with E-state index in [2.05, 4.69) is 9.71 Å². The Bertz CT molecular complexity index is 1090. The number of sulfonamides is 1. The Labute approximate surface area is 179 Å². The van der Waals surface area contributed by atoms with E-state index in [0.717, 1.165) is 30.2 Å². The highest BCUT2D eigenvalue weighted by molar-refractivity contribution is 7.99. The Morgan fingerprint density at radius 3 is 2.67 bits per heavy atom. The van der Waals surface area contributed by atoms with E-state index < -0.39 is 15.9 Å². The summed E-state index contributed by atoms with van der Waals surface area (Å²) in [5.41, 5.74) is 2.09. The number of nitrogens with zero attached hydrogens (tertiary/aromatic N) is 3. The standard InChI is InChI=1S/C20H22N4O4S2/c1-14-13-15(20(26)24-7-10-29-11-8-24)4-5-17(14)21-19(25)16-3-2-6-23-9-12-30(27,28)22-18(16)23/h2-6,13H,7-12H2,1H3,(H,21,25). The van der Waals surface area contributed by atoms with Gasteiger partial charge < -0.3 is 15.1 Å². The molecule has 2 amide bonds. The quantitative estimate of drug-likeness (QED) is 0.758. The van der Waals surface area contributed by atoms with Crippen LogP contribution in [0.4, 0.5) is 5.69 Å². The summed E-state index contributed by atoms with van der Waals surface area (Å²) in [5, 5.41) is 2.81. The van der Waals surface area contributed by atoms with Crippen LogP contribution in [0.5, 0.6) is 0 Å². The molecule has 0 bridgehead atoms. The summed E-state index contributed by atoms with van der Waals surface area (Å²) in [5.74, 6) is 1.48. The first-order chi connectivity index (χ1) is 14.3. The lowest BCUT2D eigenvalue weighted by atomic mass is 10.1. The number of carbonyl (C=O) groups is 2. The molecule has 1 aromatic rings. The lowest BCUT2D eigenvalue weighted by Crippen LogP contribution is -2.41. The topological polar surface area (TPSA) is 99.1 Å². The van der Waals surface area contributed by atoms with E-state index >= 15 is 0 Å². The van der Waals surface area contributed by atoms with Crippen molar-refractivity contribution < 1.29 is 18.0 Å². The number of allylic oxidation sites excluding steroid dienone is 2. The number of rotatable bonds is 3. The highest BCUT2D eigenvalue weighted by Gasteiger charge is 2.30. The zero-order chi connectivity index (χ0) is 21.3. The fourth-order valence-electron chi connectivity index (χ4n) is 3.47. The fourth-order valence-corrected chi connectivity index (χ4v) is 5.36. The molecule has 1 aromatic carbocycles. The van der Waals surface area contributed by atoms with Crippen molar-refractivity contribution in [2.45, 2.75) is 6.92 Å². The van der Waals surface area contributed by atoms with E-state index in [-0.39, 0.29) is 29.6 Å². The van der Waals surface area contributed by atoms with Gasteiger partial charge >= 0.3 is 0 Å². The summed E-state index contributed by atoms with van der Waals surface area (Å²) in [6.07, 6.45) is 4.94. The summed E-state index contributed by atoms with van der Waals surface area (Å²) in [6, 6.07) is 5.18. The van der Waals surface area contributed by atoms with Gasteiger partial charge in [0.05, 0.1) is 11.3 Å². The van der Waals surface area contributed by atoms with Gasteiger partial charge in [-0.2, -0.15) is 11.8 Å². The number of amides is 2. The summed E-state index contributed by atoms with van der Waals surface area (Å²) >= 11 is 1.84. The molecular formula is C20H22N4O4S2. The minimum absolute atomic E-state index is 0.00573. The molecule has 30 heavy (non-hydrogen) atoms. The smallest absolute Gasteiger partial charge is 0.259 e. The number of amidine groups is 1. The molecule has 1 fully saturated rings. The molecule has 4 rings (SSSR count). The third kappa shape index (κ3) is 4.29. The van der Waals surface area contributed by atoms with Crippen molar-refractivity contribution in [2.24, 2.45) is 4.40 Å². The second-order valence-electron chi connectivity index (χ2n) is 7.20. The molecule has 0 aliphatic carbocycles. The van der Waals surface area contributed by atoms with Gasteiger partial charge in [-0.05, 0) is 42.8 Å². The summed E-state index contributed by atoms with van der Waals surface area (Å²) < 4.78 is 27.5. The molecule has 0 aromatic heterocycles. The van der Waals surface area contributed by atoms with E-state index in [9.17, 15) is 18.0 Å². The van der Waals surface area contributed by atoms with Crippen LogP contribution in [0, 0.1) is 6.92 Å². The number of nitrogens with one attached hydrogen (secondary N) is 1. The van der Waals surface area contributed by atoms with Crippen LogP contribution < -0.4 is 5.32 Å². The molecular weight excluding hydrogens is 424 g/mol. The molecule has 0 saturated carbocycles. The maximum Gasteiger partial charge on any atom is 0.259 e. The summed E-state index contributed by atoms with van der Waals surface area (Å²) in [6.45, 7) is 3.56. The fraction of sp³-hybridized carbons (Fsp3) is 0.350. The lowest BCUT2D eigenvalue weighted by molar-refractivity contribution is -0.112. The van der Waals surface area contributed by atoms with E-state index in [1.807, 2.05) is 23.6 Å². The van der Waals surface area contributed by atoms with Gasteiger partial charge in [-0.1, -0.05) is 0 Å². The Morgan fingerprint density at radius 1 is 1.17 bits per heavy atom. The van der Waals surface area contributed by atoms with Crippen LogP contribution in [-0.4, -0.2) is 72.8 Å². The van der Waals surface area contributed by atoms with Gasteiger partial charge in [0.1, 0.15) is 0 Å². The van der Waals surface area contributed by atoms with Crippen LogP contribution in [-0.2, 0) is 14.8 Å². The molecule has 8 nitrogen and oxygen atoms in total. The first kappa shape index (κ1) is 20.7. The molecule has 3 heterocycles. The average molecular weight is 447 g/mol. The number of thioether (sulfide) groups is 1. The Hall–Kier alpha value is -2.59. The maximum atomic E-state index is 12.9. The Kier molecular flexibility index (Phi) is 5.70. The van der Waals surface area contributed by atoms with Crippen molar-refractivity contribution >= 4 is 45.1 Å². The van der Waals surface area contributed by atoms with Crippen molar-refractivity contribution in [2.75, 3.05) is 42.2 Å². The number of hydrogen-bond donors (Lipinski definition) is 1. The highest BCUT2D eigenvalue weighted by Crippen LogP contribution is 2.22. The lowest BCUT2D eigenvalue weighted by Gasteiger charge is -2.28. The van der Waals surface area contributed by atoms with Crippen LogP contribution in [0.1, 0.15) is 15.9 Å². The van der Waals surface area contributed by atoms with Crippen molar-refractivity contribution in [3.63, 3.8) is 0 Å². The predicted molar refractivity (Wildman–Crippen MR) is 118 cm³/mol. The van der Waals surface area contributed by atoms with Crippen LogP contribution in [0.25, 0.3) is 0 Å². The van der Waals surface area contributed by atoms with Gasteiger partial charge in [-0.3, -0.25) is 9.59 Å². The third-order valence-electron chi connectivity index (χ3n) is 5.12. The van der Waals surface area contributed by atoms with Crippen LogP contribution in [0.2, 0.25) is 0 Å². The van der Waals surface area contributed by atoms with Crippen LogP contribution in [0.3, 0.4) is 0 Å². The molecule has 10 heteroatoms. The SMILES string of the molecule is Cc1cc(C(=O)N2CCSCC2)ccc1NC(=O)C1=CC=CN2CCS(=O)(=O)N=C12. The van der Waals surface area contributed by atoms with Crippen molar-refractivity contribution in [3.8, 4) is 0 Å². The van der Waals surface area contributed by atoms with Crippen LogP contribution >= 0.6 is 11.8 Å². The second kappa shape index (κ2) is 8.27. The van der Waals surface area contributed by atoms with E-state index in [1.165, 1.54) is 0 Å². The zero-order valence-electron chi connectivity index (χ0n) is 16.5. The molecule has 1 saturated heterocycles. The summed E-state index contributed by atoms with van der Waals surface area (Å²) in [4.78, 5) is 29.0. The van der Waals surface area contributed by atoms with Crippen LogP contribution in [0.15, 0.2) is 46.5 Å². The first-order valence-corrected chi connectivity index (χ1v) is 12.4. The molecule has 0 unspecified atom stereocenters. The number of benzene rings is 1. The number of carbonyl (C=O) groups excluding carboxylic acids is 2. The van der Waals surface area contributed by atoms with Crippen molar-refractivity contribution in [1.82, 2.24) is 9.80 Å². The van der Waals surface area contributed by atoms with Gasteiger partial charge in [-0.25, -0.2) is 8.42 Å². The predicted octanol–water partition coefficient (Wildman–Crippen LogP) is 1.62. The van der Waals surface area contributed by atoms with Gasteiger partial charge in [0, 0.05) is 48.6 Å². The van der Waals surface area contributed by atoms with E-state index in [4.69, 9.17) is 0 Å². The Balaban J connectivity index is 1.52. The maximum absolute atomic E-state index is 12.9. The zero-order valence-corrected chi connectivity index (χ0v) is 18.1. The largest absolute Gasteiger partial charge is 0.337 e. The van der Waals surface area contributed by atoms with Crippen molar-refractivity contribution in [1.29, 1.82) is 0 Å². The Morgan fingerprint density at radius 2 is 1.93 bits per heavy atom. The average Bonchev–Trinajstić information content (AvgIpc) is 2.74. The van der Waals surface area contributed by atoms with Gasteiger partial charge in [-0.15, -0.1) is 4.40 Å². The van der Waals surface area contributed by atoms with E-state index in [1.54, 1.807) is 41.5 Å². The molecule has 3 aliphatic heterocycles. The second-order valence-corrected chi connectivity index (χ2v) is 10.2. The normalized spacial score (nSPS) is 20.2. The van der Waals surface area contributed by atoms with E-state index in [0.29, 0.717) is 11.3 Å². The van der Waals surface area contributed by atoms with Gasteiger partial charge in [0.15, 0.2) is 5.84 Å². The molecule has 0 radical (unpaired) electrons. The van der Waals surface area contributed by atoms with Gasteiger partial charge in [0.2, 0.25) is 0 Å². The minimum Gasteiger partial charge on any atom is -0.337 e. The first-order valence-electron chi connectivity index (χ1n) is 9.61. The molecule has 3 aliphatic rings.